The molecule has 0 saturated heterocycles. The zero-order valence-corrected chi connectivity index (χ0v) is 11.9. The molecule has 0 spiro atoms. The number of aromatic nitrogens is 3. The zero-order valence-electron chi connectivity index (χ0n) is 11.9. The van der Waals surface area contributed by atoms with Crippen molar-refractivity contribution in [3.63, 3.8) is 0 Å². The molecule has 2 rings (SSSR count). The summed E-state index contributed by atoms with van der Waals surface area (Å²) in [4.78, 5) is 22.6. The molecule has 2 heterocycles. The highest BCUT2D eigenvalue weighted by molar-refractivity contribution is 6.02. The van der Waals surface area contributed by atoms with Crippen LogP contribution in [0.1, 0.15) is 35.9 Å². The summed E-state index contributed by atoms with van der Waals surface area (Å²) in [6.45, 7) is 4.03. The van der Waals surface area contributed by atoms with Crippen molar-refractivity contribution in [2.45, 2.75) is 19.8 Å². The first-order valence-corrected chi connectivity index (χ1v) is 6.25. The van der Waals surface area contributed by atoms with Gasteiger partial charge in [-0.3, -0.25) is 4.79 Å². The van der Waals surface area contributed by atoms with Gasteiger partial charge in [-0.05, 0) is 12.0 Å². The summed E-state index contributed by atoms with van der Waals surface area (Å²) < 4.78 is 4.67. The lowest BCUT2D eigenvalue weighted by molar-refractivity contribution is 0.102. The van der Waals surface area contributed by atoms with Crippen molar-refractivity contribution in [2.24, 2.45) is 0 Å². The average molecular weight is 275 g/mol. The summed E-state index contributed by atoms with van der Waals surface area (Å²) in [7, 11) is 3.66. The van der Waals surface area contributed by atoms with Crippen LogP contribution in [-0.4, -0.2) is 35.1 Å². The lowest BCUT2D eigenvalue weighted by atomic mass is 10.1. The second kappa shape index (κ2) is 5.68. The van der Waals surface area contributed by atoms with Crippen molar-refractivity contribution in [2.75, 3.05) is 24.3 Å². The first-order valence-electron chi connectivity index (χ1n) is 6.25. The van der Waals surface area contributed by atoms with Crippen molar-refractivity contribution in [3.05, 3.63) is 29.8 Å². The highest BCUT2D eigenvalue weighted by Crippen LogP contribution is 2.17. The van der Waals surface area contributed by atoms with Crippen molar-refractivity contribution >= 4 is 17.7 Å². The molecule has 0 radical (unpaired) electrons. The Morgan fingerprint density at radius 3 is 2.65 bits per heavy atom. The predicted molar refractivity (Wildman–Crippen MR) is 74.9 cm³/mol. The number of anilines is 2. The molecule has 0 aliphatic heterocycles. The third kappa shape index (κ3) is 3.11. The lowest BCUT2D eigenvalue weighted by Crippen LogP contribution is -2.20. The van der Waals surface area contributed by atoms with E-state index in [1.807, 2.05) is 27.9 Å². The fourth-order valence-corrected chi connectivity index (χ4v) is 1.52. The molecule has 0 atom stereocenters. The van der Waals surface area contributed by atoms with Gasteiger partial charge in [0.05, 0.1) is 0 Å². The molecular formula is C13H17N5O2. The van der Waals surface area contributed by atoms with Crippen molar-refractivity contribution in [3.8, 4) is 0 Å². The molecule has 2 aromatic heterocycles. The molecule has 0 aromatic carbocycles. The van der Waals surface area contributed by atoms with Gasteiger partial charge >= 0.3 is 0 Å². The molecule has 7 nitrogen and oxygen atoms in total. The van der Waals surface area contributed by atoms with Crippen LogP contribution in [0.4, 0.5) is 11.8 Å². The first-order chi connectivity index (χ1) is 9.47. The maximum absolute atomic E-state index is 12.2. The van der Waals surface area contributed by atoms with Crippen LogP contribution >= 0.6 is 0 Å². The van der Waals surface area contributed by atoms with E-state index in [0.29, 0.717) is 17.5 Å². The fourth-order valence-electron chi connectivity index (χ4n) is 1.52. The summed E-state index contributed by atoms with van der Waals surface area (Å²) >= 11 is 0. The van der Waals surface area contributed by atoms with Gasteiger partial charge in [-0.25, -0.2) is 9.97 Å². The van der Waals surface area contributed by atoms with Crippen LogP contribution in [0.25, 0.3) is 0 Å². The lowest BCUT2D eigenvalue weighted by Gasteiger charge is -2.14. The van der Waals surface area contributed by atoms with E-state index in [2.05, 4.69) is 25.0 Å². The minimum Gasteiger partial charge on any atom is -0.363 e. The van der Waals surface area contributed by atoms with E-state index in [1.54, 1.807) is 17.0 Å². The Bertz CT molecular complexity index is 567. The van der Waals surface area contributed by atoms with E-state index in [9.17, 15) is 4.79 Å². The SMILES string of the molecule is CC(C)c1cc(C(=O)Nc2ccon2)nc(N(C)C)n1. The minimum atomic E-state index is -0.341. The van der Waals surface area contributed by atoms with E-state index in [1.165, 1.54) is 6.26 Å². The first kappa shape index (κ1) is 14.0. The van der Waals surface area contributed by atoms with Crippen LogP contribution in [0.5, 0.6) is 0 Å². The molecule has 0 bridgehead atoms. The van der Waals surface area contributed by atoms with E-state index in [-0.39, 0.29) is 11.8 Å². The van der Waals surface area contributed by atoms with Gasteiger partial charge in [0, 0.05) is 25.9 Å². The molecule has 0 fully saturated rings. The maximum atomic E-state index is 12.2. The molecule has 0 aliphatic carbocycles. The average Bonchev–Trinajstić information content (AvgIpc) is 2.90. The number of nitrogens with one attached hydrogen (secondary N) is 1. The number of amides is 1. The summed E-state index contributed by atoms with van der Waals surface area (Å²) in [5.41, 5.74) is 1.12. The van der Waals surface area contributed by atoms with Crippen LogP contribution in [0.15, 0.2) is 22.9 Å². The van der Waals surface area contributed by atoms with Crippen molar-refractivity contribution < 1.29 is 9.32 Å². The van der Waals surface area contributed by atoms with E-state index in [0.717, 1.165) is 5.69 Å². The van der Waals surface area contributed by atoms with E-state index >= 15 is 0 Å². The van der Waals surface area contributed by atoms with Gasteiger partial charge in [0.25, 0.3) is 5.91 Å². The second-order valence-electron chi connectivity index (χ2n) is 4.87. The number of hydrogen-bond donors (Lipinski definition) is 1. The van der Waals surface area contributed by atoms with E-state index < -0.39 is 0 Å². The quantitative estimate of drug-likeness (QED) is 0.917. The Balaban J connectivity index is 2.32. The topological polar surface area (TPSA) is 84.2 Å². The normalized spacial score (nSPS) is 10.7. The van der Waals surface area contributed by atoms with Crippen LogP contribution in [0.3, 0.4) is 0 Å². The van der Waals surface area contributed by atoms with Crippen LogP contribution in [0.2, 0.25) is 0 Å². The molecule has 20 heavy (non-hydrogen) atoms. The largest absolute Gasteiger partial charge is 0.363 e. The zero-order chi connectivity index (χ0) is 14.7. The molecule has 0 aliphatic rings. The van der Waals surface area contributed by atoms with Crippen molar-refractivity contribution in [1.29, 1.82) is 0 Å². The standard InChI is InChI=1S/C13H17N5O2/c1-8(2)9-7-10(15-13(14-9)18(3)4)12(19)16-11-5-6-20-17-11/h5-8H,1-4H3,(H,16,17,19). The molecule has 0 saturated carbocycles. The van der Waals surface area contributed by atoms with Crippen LogP contribution < -0.4 is 10.2 Å². The molecular weight excluding hydrogens is 258 g/mol. The smallest absolute Gasteiger partial charge is 0.275 e. The third-order valence-electron chi connectivity index (χ3n) is 2.64. The number of hydrogen-bond acceptors (Lipinski definition) is 6. The maximum Gasteiger partial charge on any atom is 0.275 e. The molecule has 1 amide bonds. The third-order valence-corrected chi connectivity index (χ3v) is 2.64. The Kier molecular flexibility index (Phi) is 3.97. The summed E-state index contributed by atoms with van der Waals surface area (Å²) in [6, 6.07) is 3.25. The second-order valence-corrected chi connectivity index (χ2v) is 4.87. The fraction of sp³-hybridized carbons (Fsp3) is 0.385. The predicted octanol–water partition coefficient (Wildman–Crippen LogP) is 1.91. The number of carbonyl (C=O) groups excluding carboxylic acids is 1. The van der Waals surface area contributed by atoms with Gasteiger partial charge < -0.3 is 14.7 Å². The Morgan fingerprint density at radius 1 is 1.35 bits per heavy atom. The van der Waals surface area contributed by atoms with Crippen molar-refractivity contribution in [1.82, 2.24) is 15.1 Å². The van der Waals surface area contributed by atoms with Gasteiger partial charge in [0.2, 0.25) is 5.95 Å². The monoisotopic (exact) mass is 275 g/mol. The van der Waals surface area contributed by atoms with Gasteiger partial charge in [-0.2, -0.15) is 0 Å². The summed E-state index contributed by atoms with van der Waals surface area (Å²) in [5, 5.41) is 6.25. The molecule has 7 heteroatoms. The molecule has 0 unspecified atom stereocenters. The van der Waals surface area contributed by atoms with E-state index in [4.69, 9.17) is 0 Å². The van der Waals surface area contributed by atoms with Gasteiger partial charge in [-0.15, -0.1) is 0 Å². The summed E-state index contributed by atoms with van der Waals surface area (Å²) in [6.07, 6.45) is 1.39. The number of rotatable bonds is 4. The molecule has 1 N–H and O–H groups in total. The van der Waals surface area contributed by atoms with Crippen LogP contribution in [-0.2, 0) is 0 Å². The highest BCUT2D eigenvalue weighted by atomic mass is 16.5. The van der Waals surface area contributed by atoms with Gasteiger partial charge in [-0.1, -0.05) is 19.0 Å². The number of nitrogens with zero attached hydrogens (tertiary/aromatic N) is 4. The minimum absolute atomic E-state index is 0.204. The molecule has 2 aromatic rings. The number of carbonyl (C=O) groups is 1. The Labute approximate surface area is 117 Å². The highest BCUT2D eigenvalue weighted by Gasteiger charge is 2.15. The Morgan fingerprint density at radius 2 is 2.10 bits per heavy atom. The van der Waals surface area contributed by atoms with Gasteiger partial charge in [0.15, 0.2) is 5.82 Å². The van der Waals surface area contributed by atoms with Gasteiger partial charge in [0.1, 0.15) is 12.0 Å². The Hall–Kier alpha value is -2.44. The van der Waals surface area contributed by atoms with Crippen LogP contribution in [0, 0.1) is 0 Å². The summed E-state index contributed by atoms with van der Waals surface area (Å²) in [5.74, 6) is 0.717. The molecule has 106 valence electrons.